The van der Waals surface area contributed by atoms with Gasteiger partial charge in [0.05, 0.1) is 12.7 Å². The van der Waals surface area contributed by atoms with Crippen molar-refractivity contribution in [3.63, 3.8) is 0 Å². The molecule has 5 heteroatoms. The molecular weight excluding hydrogens is 408 g/mol. The second kappa shape index (κ2) is 14.4. The molecule has 0 spiro atoms. The summed E-state index contributed by atoms with van der Waals surface area (Å²) in [6, 6.07) is 3.73. The summed E-state index contributed by atoms with van der Waals surface area (Å²) >= 11 is 0. The van der Waals surface area contributed by atoms with Crippen molar-refractivity contribution in [1.29, 1.82) is 10.5 Å². The number of hydrogen-bond acceptors (Lipinski definition) is 5. The molecule has 1 rings (SSSR count). The van der Waals surface area contributed by atoms with Crippen molar-refractivity contribution in [3.05, 3.63) is 59.5 Å². The van der Waals surface area contributed by atoms with E-state index in [0.29, 0.717) is 18.4 Å². The SMILES string of the molecule is CCC(/C=C/C=C(C#N)C#N)OCC1=C/CN(CC(C)C)/C=C(/C(C)C)NCC(C)(C)/C=C\1. The molecule has 180 valence electrons. The Kier molecular flexibility index (Phi) is 12.3. The highest BCUT2D eigenvalue weighted by molar-refractivity contribution is 5.38. The fourth-order valence-corrected chi connectivity index (χ4v) is 3.26. The molecule has 1 aliphatic rings. The average molecular weight is 451 g/mol. The normalized spacial score (nSPS) is 21.6. The number of hydrogen-bond donors (Lipinski definition) is 1. The first-order chi connectivity index (χ1) is 15.6. The van der Waals surface area contributed by atoms with Gasteiger partial charge in [-0.3, -0.25) is 0 Å². The maximum Gasteiger partial charge on any atom is 0.129 e. The Bertz CT molecular complexity index is 828. The number of nitriles is 2. The van der Waals surface area contributed by atoms with Crippen LogP contribution in [0, 0.1) is 39.9 Å². The summed E-state index contributed by atoms with van der Waals surface area (Å²) in [7, 11) is 0. The highest BCUT2D eigenvalue weighted by atomic mass is 16.5. The first kappa shape index (κ1) is 28.3. The minimum atomic E-state index is -0.0822. The third-order valence-corrected chi connectivity index (χ3v) is 5.32. The minimum Gasteiger partial charge on any atom is -0.386 e. The summed E-state index contributed by atoms with van der Waals surface area (Å²) in [5.41, 5.74) is 2.50. The topological polar surface area (TPSA) is 72.1 Å². The largest absolute Gasteiger partial charge is 0.386 e. The Labute approximate surface area is 201 Å². The van der Waals surface area contributed by atoms with E-state index in [0.717, 1.165) is 31.6 Å². The third kappa shape index (κ3) is 11.6. The molecule has 0 radical (unpaired) electrons. The first-order valence-corrected chi connectivity index (χ1v) is 12.0. The van der Waals surface area contributed by atoms with Crippen molar-refractivity contribution in [2.45, 2.75) is 61.0 Å². The van der Waals surface area contributed by atoms with Gasteiger partial charge < -0.3 is 15.0 Å². The predicted octanol–water partition coefficient (Wildman–Crippen LogP) is 5.88. The molecular formula is C28H42N4O. The molecule has 0 fully saturated rings. The lowest BCUT2D eigenvalue weighted by Crippen LogP contribution is -2.31. The van der Waals surface area contributed by atoms with E-state index in [2.05, 4.69) is 83.1 Å². The van der Waals surface area contributed by atoms with Crippen molar-refractivity contribution in [3.8, 4) is 12.1 Å². The summed E-state index contributed by atoms with van der Waals surface area (Å²) in [6.45, 7) is 18.7. The summed E-state index contributed by atoms with van der Waals surface area (Å²) in [6.07, 6.45) is 14.9. The molecule has 1 unspecified atom stereocenters. The van der Waals surface area contributed by atoms with Gasteiger partial charge in [-0.2, -0.15) is 10.5 Å². The van der Waals surface area contributed by atoms with E-state index in [1.165, 1.54) is 11.8 Å². The smallest absolute Gasteiger partial charge is 0.129 e. The standard InChI is InChI=1S/C28H42N4O/c1-8-26(11-9-10-25(16-29)17-30)33-20-24-12-14-28(6,7)21-31-27(23(4)5)19-32(15-13-24)18-22(2)3/h9-14,19,22-23,26,31H,8,15,18,20-21H2,1-7H3/b11-9+,14-12-,24-13+,27-19-. The van der Waals surface area contributed by atoms with Crippen LogP contribution in [-0.2, 0) is 4.74 Å². The van der Waals surface area contributed by atoms with Gasteiger partial charge in [0.2, 0.25) is 0 Å². The van der Waals surface area contributed by atoms with Crippen LogP contribution in [0.2, 0.25) is 0 Å². The van der Waals surface area contributed by atoms with Gasteiger partial charge in [0.25, 0.3) is 0 Å². The van der Waals surface area contributed by atoms with Gasteiger partial charge in [0.15, 0.2) is 0 Å². The van der Waals surface area contributed by atoms with Gasteiger partial charge in [-0.1, -0.05) is 78.8 Å². The van der Waals surface area contributed by atoms with E-state index in [9.17, 15) is 0 Å². The van der Waals surface area contributed by atoms with Crippen LogP contribution in [0.3, 0.4) is 0 Å². The van der Waals surface area contributed by atoms with Crippen LogP contribution in [0.25, 0.3) is 0 Å². The monoisotopic (exact) mass is 450 g/mol. The summed E-state index contributed by atoms with van der Waals surface area (Å²) < 4.78 is 6.17. The third-order valence-electron chi connectivity index (χ3n) is 5.32. The van der Waals surface area contributed by atoms with E-state index >= 15 is 0 Å². The molecule has 1 heterocycles. The maximum absolute atomic E-state index is 8.87. The Morgan fingerprint density at radius 1 is 1.24 bits per heavy atom. The second-order valence-electron chi connectivity index (χ2n) is 9.99. The van der Waals surface area contributed by atoms with Crippen molar-refractivity contribution in [2.24, 2.45) is 17.3 Å². The number of allylic oxidation sites excluding steroid dienone is 4. The predicted molar refractivity (Wildman–Crippen MR) is 137 cm³/mol. The van der Waals surface area contributed by atoms with Crippen molar-refractivity contribution in [2.75, 3.05) is 26.2 Å². The van der Waals surface area contributed by atoms with Crippen LogP contribution < -0.4 is 5.32 Å². The zero-order valence-electron chi connectivity index (χ0n) is 21.6. The van der Waals surface area contributed by atoms with Crippen molar-refractivity contribution in [1.82, 2.24) is 10.2 Å². The molecule has 0 aromatic heterocycles. The summed E-state index contributed by atoms with van der Waals surface area (Å²) in [5, 5.41) is 21.4. The Balaban J connectivity index is 3.09. The van der Waals surface area contributed by atoms with E-state index in [1.807, 2.05) is 18.2 Å². The molecule has 1 N–H and O–H groups in total. The Morgan fingerprint density at radius 2 is 1.94 bits per heavy atom. The van der Waals surface area contributed by atoms with Gasteiger partial charge in [0.1, 0.15) is 17.7 Å². The molecule has 33 heavy (non-hydrogen) atoms. The molecule has 0 amide bonds. The average Bonchev–Trinajstić information content (AvgIpc) is 2.78. The van der Waals surface area contributed by atoms with Gasteiger partial charge in [-0.15, -0.1) is 0 Å². The van der Waals surface area contributed by atoms with Crippen LogP contribution in [0.15, 0.2) is 59.5 Å². The lowest BCUT2D eigenvalue weighted by molar-refractivity contribution is 0.102. The number of nitrogens with zero attached hydrogens (tertiary/aromatic N) is 3. The molecule has 0 saturated carbocycles. The van der Waals surface area contributed by atoms with Gasteiger partial charge in [0, 0.05) is 36.9 Å². The number of rotatable bonds is 9. The second-order valence-corrected chi connectivity index (χ2v) is 9.99. The molecule has 5 nitrogen and oxygen atoms in total. The van der Waals surface area contributed by atoms with Crippen molar-refractivity contribution >= 4 is 0 Å². The quantitative estimate of drug-likeness (QED) is 0.351. The lowest BCUT2D eigenvalue weighted by atomic mass is 9.91. The first-order valence-electron chi connectivity index (χ1n) is 12.0. The molecule has 0 aromatic rings. The highest BCUT2D eigenvalue weighted by Crippen LogP contribution is 2.21. The molecule has 0 aromatic carbocycles. The highest BCUT2D eigenvalue weighted by Gasteiger charge is 2.17. The molecule has 0 aliphatic carbocycles. The van der Waals surface area contributed by atoms with E-state index in [-0.39, 0.29) is 17.1 Å². The summed E-state index contributed by atoms with van der Waals surface area (Å²) in [4.78, 5) is 2.38. The Morgan fingerprint density at radius 3 is 2.52 bits per heavy atom. The lowest BCUT2D eigenvalue weighted by Gasteiger charge is -2.27. The Hall–Kier alpha value is -2.76. The molecule has 0 bridgehead atoms. The maximum atomic E-state index is 8.87. The van der Waals surface area contributed by atoms with Crippen LogP contribution in [0.1, 0.15) is 54.9 Å². The molecule has 1 atom stereocenters. The number of ether oxygens (including phenoxy) is 1. The molecule has 0 saturated heterocycles. The fourth-order valence-electron chi connectivity index (χ4n) is 3.26. The van der Waals surface area contributed by atoms with Crippen LogP contribution >= 0.6 is 0 Å². The summed E-state index contributed by atoms with van der Waals surface area (Å²) in [5.74, 6) is 0.995. The van der Waals surface area contributed by atoms with Gasteiger partial charge in [-0.25, -0.2) is 0 Å². The van der Waals surface area contributed by atoms with Crippen LogP contribution in [0.5, 0.6) is 0 Å². The molecule has 1 aliphatic heterocycles. The minimum absolute atomic E-state index is 0.000132. The fraction of sp³-hybridized carbons (Fsp3) is 0.571. The van der Waals surface area contributed by atoms with E-state index in [1.54, 1.807) is 6.08 Å². The zero-order valence-corrected chi connectivity index (χ0v) is 21.6. The van der Waals surface area contributed by atoms with E-state index < -0.39 is 0 Å². The number of nitrogens with one attached hydrogen (secondary N) is 1. The zero-order chi connectivity index (χ0) is 24.9. The van der Waals surface area contributed by atoms with Crippen LogP contribution in [-0.4, -0.2) is 37.2 Å². The van der Waals surface area contributed by atoms with Gasteiger partial charge in [-0.05, 0) is 29.9 Å². The van der Waals surface area contributed by atoms with Crippen molar-refractivity contribution < 1.29 is 4.74 Å². The van der Waals surface area contributed by atoms with E-state index in [4.69, 9.17) is 15.3 Å². The van der Waals surface area contributed by atoms with Gasteiger partial charge >= 0.3 is 0 Å². The van der Waals surface area contributed by atoms with Crippen LogP contribution in [0.4, 0.5) is 0 Å².